The third kappa shape index (κ3) is 5.03. The van der Waals surface area contributed by atoms with E-state index in [1.807, 2.05) is 30.3 Å². The van der Waals surface area contributed by atoms with Crippen molar-refractivity contribution < 1.29 is 23.4 Å². The van der Waals surface area contributed by atoms with Gasteiger partial charge >= 0.3 is 6.18 Å². The highest BCUT2D eigenvalue weighted by atomic mass is 19.4. The van der Waals surface area contributed by atoms with Gasteiger partial charge in [0.05, 0.1) is 6.61 Å². The number of halogens is 3. The maximum Gasteiger partial charge on any atom is 0.415 e. The predicted octanol–water partition coefficient (Wildman–Crippen LogP) is 1.10. The van der Waals surface area contributed by atoms with Crippen molar-refractivity contribution in [3.63, 3.8) is 0 Å². The Bertz CT molecular complexity index is 343. The van der Waals surface area contributed by atoms with Gasteiger partial charge in [0.2, 0.25) is 0 Å². The highest BCUT2D eigenvalue weighted by Crippen LogP contribution is 2.19. The van der Waals surface area contributed by atoms with Crippen LogP contribution >= 0.6 is 0 Å². The second-order valence-corrected chi connectivity index (χ2v) is 4.03. The van der Waals surface area contributed by atoms with Crippen molar-refractivity contribution in [2.24, 2.45) is 0 Å². The summed E-state index contributed by atoms with van der Waals surface area (Å²) >= 11 is 0. The fourth-order valence-electron chi connectivity index (χ4n) is 1.49. The largest absolute Gasteiger partial charge is 0.415 e. The third-order valence-electron chi connectivity index (χ3n) is 2.52. The Hall–Kier alpha value is -1.11. The second kappa shape index (κ2) is 6.72. The molecule has 6 heteroatoms. The molecular weight excluding hydrogens is 247 g/mol. The number of hydrogen-bond donors (Lipinski definition) is 3. The lowest BCUT2D eigenvalue weighted by atomic mass is 10.1. The molecule has 2 atom stereocenters. The molecule has 1 aromatic rings. The lowest BCUT2D eigenvalue weighted by Gasteiger charge is -2.20. The third-order valence-corrected chi connectivity index (χ3v) is 2.52. The first kappa shape index (κ1) is 14.9. The number of alkyl halides is 3. The van der Waals surface area contributed by atoms with Crippen LogP contribution < -0.4 is 5.32 Å². The van der Waals surface area contributed by atoms with Crippen LogP contribution in [0.2, 0.25) is 0 Å². The molecule has 3 N–H and O–H groups in total. The van der Waals surface area contributed by atoms with E-state index in [0.29, 0.717) is 6.42 Å². The molecule has 0 aliphatic carbocycles. The number of hydrogen-bond acceptors (Lipinski definition) is 3. The zero-order valence-electron chi connectivity index (χ0n) is 9.69. The molecule has 1 aromatic carbocycles. The van der Waals surface area contributed by atoms with Crippen molar-refractivity contribution >= 4 is 0 Å². The van der Waals surface area contributed by atoms with E-state index < -0.39 is 24.9 Å². The van der Waals surface area contributed by atoms with Crippen LogP contribution in [0.4, 0.5) is 13.2 Å². The number of aliphatic hydroxyl groups excluding tert-OH is 2. The summed E-state index contributed by atoms with van der Waals surface area (Å²) in [6, 6.07) is 8.60. The minimum atomic E-state index is -4.64. The van der Waals surface area contributed by atoms with Gasteiger partial charge in [-0.15, -0.1) is 0 Å². The molecular formula is C12H16F3NO2. The van der Waals surface area contributed by atoms with Gasteiger partial charge in [-0.3, -0.25) is 0 Å². The molecule has 0 radical (unpaired) electrons. The molecule has 3 nitrogen and oxygen atoms in total. The SMILES string of the molecule is OC[C@H](Cc1ccccc1)NC[C@H](O)C(F)(F)F. The van der Waals surface area contributed by atoms with Crippen molar-refractivity contribution in [2.45, 2.75) is 24.7 Å². The van der Waals surface area contributed by atoms with Crippen LogP contribution in [-0.2, 0) is 6.42 Å². The molecule has 0 heterocycles. The first-order valence-electron chi connectivity index (χ1n) is 5.56. The zero-order chi connectivity index (χ0) is 13.6. The molecule has 0 fully saturated rings. The molecule has 0 amide bonds. The second-order valence-electron chi connectivity index (χ2n) is 4.03. The average molecular weight is 263 g/mol. The number of aliphatic hydroxyl groups is 2. The fourth-order valence-corrected chi connectivity index (χ4v) is 1.49. The van der Waals surface area contributed by atoms with Gasteiger partial charge < -0.3 is 15.5 Å². The van der Waals surface area contributed by atoms with Crippen LogP contribution in [-0.4, -0.2) is 41.7 Å². The summed E-state index contributed by atoms with van der Waals surface area (Å²) in [6.07, 6.45) is -6.65. The summed E-state index contributed by atoms with van der Waals surface area (Å²) in [7, 11) is 0. The molecule has 0 saturated heterocycles. The molecule has 0 spiro atoms. The molecule has 0 aliphatic rings. The van der Waals surface area contributed by atoms with E-state index in [2.05, 4.69) is 5.32 Å². The van der Waals surface area contributed by atoms with E-state index >= 15 is 0 Å². The smallest absolute Gasteiger partial charge is 0.395 e. The van der Waals surface area contributed by atoms with E-state index in [1.54, 1.807) is 0 Å². The summed E-state index contributed by atoms with van der Waals surface area (Å²) in [5.41, 5.74) is 0.908. The van der Waals surface area contributed by atoms with Crippen LogP contribution in [0.5, 0.6) is 0 Å². The predicted molar refractivity (Wildman–Crippen MR) is 61.1 cm³/mol. The highest BCUT2D eigenvalue weighted by molar-refractivity contribution is 5.15. The first-order valence-corrected chi connectivity index (χ1v) is 5.56. The Morgan fingerprint density at radius 2 is 1.78 bits per heavy atom. The first-order chi connectivity index (χ1) is 8.43. The van der Waals surface area contributed by atoms with E-state index in [-0.39, 0.29) is 6.61 Å². The van der Waals surface area contributed by atoms with Crippen molar-refractivity contribution in [1.82, 2.24) is 5.32 Å². The molecule has 0 aliphatic heterocycles. The summed E-state index contributed by atoms with van der Waals surface area (Å²) in [4.78, 5) is 0. The molecule has 0 unspecified atom stereocenters. The summed E-state index contributed by atoms with van der Waals surface area (Å²) < 4.78 is 36.2. The van der Waals surface area contributed by atoms with Crippen LogP contribution in [0, 0.1) is 0 Å². The molecule has 102 valence electrons. The van der Waals surface area contributed by atoms with Crippen molar-refractivity contribution in [1.29, 1.82) is 0 Å². The van der Waals surface area contributed by atoms with Crippen molar-refractivity contribution in [3.05, 3.63) is 35.9 Å². The number of rotatable bonds is 6. The summed E-state index contributed by atoms with van der Waals surface area (Å²) in [6.45, 7) is -0.916. The van der Waals surface area contributed by atoms with E-state index in [9.17, 15) is 13.2 Å². The molecule has 0 bridgehead atoms. The van der Waals surface area contributed by atoms with Gasteiger partial charge in [0, 0.05) is 12.6 Å². The number of nitrogens with one attached hydrogen (secondary N) is 1. The van der Waals surface area contributed by atoms with Crippen molar-refractivity contribution in [3.8, 4) is 0 Å². The Morgan fingerprint density at radius 1 is 1.17 bits per heavy atom. The number of benzene rings is 1. The van der Waals surface area contributed by atoms with Crippen LogP contribution in [0.25, 0.3) is 0 Å². The zero-order valence-corrected chi connectivity index (χ0v) is 9.69. The van der Waals surface area contributed by atoms with Gasteiger partial charge in [-0.25, -0.2) is 0 Å². The Kier molecular flexibility index (Phi) is 5.58. The van der Waals surface area contributed by atoms with E-state index in [1.165, 1.54) is 0 Å². The molecule has 1 rings (SSSR count). The standard InChI is InChI=1S/C12H16F3NO2/c13-12(14,15)11(18)7-16-10(8-17)6-9-4-2-1-3-5-9/h1-5,10-11,16-18H,6-8H2/t10-,11-/m0/s1. The van der Waals surface area contributed by atoms with Gasteiger partial charge in [0.25, 0.3) is 0 Å². The highest BCUT2D eigenvalue weighted by Gasteiger charge is 2.38. The topological polar surface area (TPSA) is 52.5 Å². The maximum atomic E-state index is 12.1. The normalized spacial score (nSPS) is 15.4. The average Bonchev–Trinajstić information content (AvgIpc) is 2.34. The Morgan fingerprint density at radius 3 is 2.28 bits per heavy atom. The monoisotopic (exact) mass is 263 g/mol. The minimum Gasteiger partial charge on any atom is -0.395 e. The van der Waals surface area contributed by atoms with E-state index in [0.717, 1.165) is 5.56 Å². The lowest BCUT2D eigenvalue weighted by Crippen LogP contribution is -2.44. The van der Waals surface area contributed by atoms with Crippen LogP contribution in [0.3, 0.4) is 0 Å². The van der Waals surface area contributed by atoms with Gasteiger partial charge in [-0.05, 0) is 12.0 Å². The van der Waals surface area contributed by atoms with Gasteiger partial charge in [0.15, 0.2) is 6.10 Å². The Labute approximate surface area is 103 Å². The van der Waals surface area contributed by atoms with E-state index in [4.69, 9.17) is 10.2 Å². The molecule has 18 heavy (non-hydrogen) atoms. The van der Waals surface area contributed by atoms with Gasteiger partial charge in [-0.2, -0.15) is 13.2 Å². The lowest BCUT2D eigenvalue weighted by molar-refractivity contribution is -0.202. The Balaban J connectivity index is 2.43. The van der Waals surface area contributed by atoms with Crippen LogP contribution in [0.15, 0.2) is 30.3 Å². The van der Waals surface area contributed by atoms with Gasteiger partial charge in [-0.1, -0.05) is 30.3 Å². The summed E-state index contributed by atoms with van der Waals surface area (Å²) in [5.74, 6) is 0. The fraction of sp³-hybridized carbons (Fsp3) is 0.500. The molecule has 0 saturated carbocycles. The van der Waals surface area contributed by atoms with Crippen LogP contribution in [0.1, 0.15) is 5.56 Å². The summed E-state index contributed by atoms with van der Waals surface area (Å²) in [5, 5.41) is 20.4. The molecule has 0 aromatic heterocycles. The maximum absolute atomic E-state index is 12.1. The quantitative estimate of drug-likeness (QED) is 0.720. The van der Waals surface area contributed by atoms with Crippen molar-refractivity contribution in [2.75, 3.05) is 13.2 Å². The van der Waals surface area contributed by atoms with Gasteiger partial charge in [0.1, 0.15) is 0 Å². The minimum absolute atomic E-state index is 0.292.